The van der Waals surface area contributed by atoms with Crippen LogP contribution in [0.3, 0.4) is 0 Å². The zero-order chi connectivity index (χ0) is 24.5. The summed E-state index contributed by atoms with van der Waals surface area (Å²) in [6.45, 7) is 7.14. The Morgan fingerprint density at radius 1 is 1.03 bits per heavy atom. The predicted molar refractivity (Wildman–Crippen MR) is 138 cm³/mol. The molecule has 0 bridgehead atoms. The van der Waals surface area contributed by atoms with Gasteiger partial charge in [-0.25, -0.2) is 4.98 Å². The van der Waals surface area contributed by atoms with E-state index in [2.05, 4.69) is 4.57 Å². The molecule has 1 aliphatic heterocycles. The highest BCUT2D eigenvalue weighted by Crippen LogP contribution is 2.34. The van der Waals surface area contributed by atoms with E-state index in [0.717, 1.165) is 45.0 Å². The Balaban J connectivity index is 1.39. The van der Waals surface area contributed by atoms with Gasteiger partial charge < -0.3 is 19.3 Å². The van der Waals surface area contributed by atoms with Crippen LogP contribution in [0.15, 0.2) is 66.7 Å². The second-order valence-corrected chi connectivity index (χ2v) is 9.49. The number of anilines is 1. The van der Waals surface area contributed by atoms with Gasteiger partial charge in [0, 0.05) is 24.6 Å². The highest BCUT2D eigenvalue weighted by atomic mass is 16.5. The molecule has 1 aromatic heterocycles. The van der Waals surface area contributed by atoms with Crippen LogP contribution in [-0.2, 0) is 11.3 Å². The number of ether oxygens (including phenoxy) is 1. The lowest BCUT2D eigenvalue weighted by Gasteiger charge is -2.20. The van der Waals surface area contributed by atoms with Crippen LogP contribution in [0, 0.1) is 20.8 Å². The number of benzene rings is 3. The van der Waals surface area contributed by atoms with E-state index in [4.69, 9.17) is 9.72 Å². The van der Waals surface area contributed by atoms with E-state index in [9.17, 15) is 9.90 Å². The summed E-state index contributed by atoms with van der Waals surface area (Å²) in [6.07, 6.45) is -0.330. The van der Waals surface area contributed by atoms with E-state index in [1.165, 1.54) is 0 Å². The second kappa shape index (κ2) is 9.55. The summed E-state index contributed by atoms with van der Waals surface area (Å²) >= 11 is 0. The number of hydrogen-bond donors (Lipinski definition) is 1. The first-order chi connectivity index (χ1) is 16.9. The lowest BCUT2D eigenvalue weighted by molar-refractivity contribution is -0.117. The molecular formula is C29H31N3O3. The lowest BCUT2D eigenvalue weighted by atomic mass is 10.1. The SMILES string of the molecule is Cc1ccc(C)c(OC[C@H](O)Cn2c([C@H]3CC(=O)N(c4ccccc4C)C3)nc3ccccc32)c1. The van der Waals surface area contributed by atoms with Crippen molar-refractivity contribution < 1.29 is 14.6 Å². The van der Waals surface area contributed by atoms with Crippen molar-refractivity contribution in [3.05, 3.63) is 89.2 Å². The molecule has 6 nitrogen and oxygen atoms in total. The van der Waals surface area contributed by atoms with E-state index < -0.39 is 6.10 Å². The van der Waals surface area contributed by atoms with Crippen molar-refractivity contribution in [1.29, 1.82) is 0 Å². The van der Waals surface area contributed by atoms with Gasteiger partial charge in [-0.3, -0.25) is 4.79 Å². The van der Waals surface area contributed by atoms with Crippen LogP contribution in [0.5, 0.6) is 5.75 Å². The minimum atomic E-state index is -0.726. The zero-order valence-corrected chi connectivity index (χ0v) is 20.4. The molecule has 0 saturated carbocycles. The lowest BCUT2D eigenvalue weighted by Crippen LogP contribution is -2.27. The monoisotopic (exact) mass is 469 g/mol. The fourth-order valence-electron chi connectivity index (χ4n) is 4.89. The molecule has 1 saturated heterocycles. The van der Waals surface area contributed by atoms with E-state index in [1.54, 1.807) is 0 Å². The average Bonchev–Trinajstić information content (AvgIpc) is 3.40. The number of rotatable bonds is 7. The first-order valence-electron chi connectivity index (χ1n) is 12.1. The maximum atomic E-state index is 13.0. The molecule has 4 aromatic rings. The molecule has 2 atom stereocenters. The third kappa shape index (κ3) is 4.66. The van der Waals surface area contributed by atoms with E-state index >= 15 is 0 Å². The van der Waals surface area contributed by atoms with Gasteiger partial charge in [0.15, 0.2) is 0 Å². The molecule has 1 amide bonds. The molecule has 1 N–H and O–H groups in total. The number of amides is 1. The average molecular weight is 470 g/mol. The fraction of sp³-hybridized carbons (Fsp3) is 0.310. The van der Waals surface area contributed by atoms with Gasteiger partial charge in [-0.2, -0.15) is 0 Å². The van der Waals surface area contributed by atoms with Crippen molar-refractivity contribution in [2.45, 2.75) is 45.8 Å². The number of carbonyl (C=O) groups is 1. The molecule has 5 rings (SSSR count). The Hall–Kier alpha value is -3.64. The molecule has 1 fully saturated rings. The summed E-state index contributed by atoms with van der Waals surface area (Å²) < 4.78 is 8.03. The van der Waals surface area contributed by atoms with Crippen molar-refractivity contribution in [1.82, 2.24) is 9.55 Å². The van der Waals surface area contributed by atoms with Gasteiger partial charge in [0.25, 0.3) is 0 Å². The van der Waals surface area contributed by atoms with Crippen molar-refractivity contribution >= 4 is 22.6 Å². The van der Waals surface area contributed by atoms with E-state index in [0.29, 0.717) is 19.5 Å². The number of carbonyl (C=O) groups excluding carboxylic acids is 1. The predicted octanol–water partition coefficient (Wildman–Crippen LogP) is 4.92. The Morgan fingerprint density at radius 2 is 1.80 bits per heavy atom. The number of nitrogens with zero attached hydrogens (tertiary/aromatic N) is 3. The molecule has 3 aromatic carbocycles. The Labute approximate surface area is 205 Å². The van der Waals surface area contributed by atoms with Crippen molar-refractivity contribution in [3.63, 3.8) is 0 Å². The van der Waals surface area contributed by atoms with Gasteiger partial charge >= 0.3 is 0 Å². The summed E-state index contributed by atoms with van der Waals surface area (Å²) in [5, 5.41) is 10.9. The molecule has 0 aliphatic carbocycles. The van der Waals surface area contributed by atoms with Crippen LogP contribution in [0.25, 0.3) is 11.0 Å². The van der Waals surface area contributed by atoms with Gasteiger partial charge in [0.2, 0.25) is 5.91 Å². The number of hydrogen-bond acceptors (Lipinski definition) is 4. The molecule has 180 valence electrons. The molecule has 0 spiro atoms. The highest BCUT2D eigenvalue weighted by molar-refractivity contribution is 5.97. The van der Waals surface area contributed by atoms with Crippen LogP contribution in [0.4, 0.5) is 5.69 Å². The smallest absolute Gasteiger partial charge is 0.227 e. The van der Waals surface area contributed by atoms with Crippen LogP contribution < -0.4 is 9.64 Å². The summed E-state index contributed by atoms with van der Waals surface area (Å²) in [6, 6.07) is 22.0. The second-order valence-electron chi connectivity index (χ2n) is 9.49. The molecule has 0 radical (unpaired) electrons. The van der Waals surface area contributed by atoms with E-state index in [1.807, 2.05) is 92.4 Å². The van der Waals surface area contributed by atoms with Gasteiger partial charge in [0.05, 0.1) is 17.6 Å². The maximum absolute atomic E-state index is 13.0. The largest absolute Gasteiger partial charge is 0.491 e. The Morgan fingerprint density at radius 3 is 2.63 bits per heavy atom. The third-order valence-corrected chi connectivity index (χ3v) is 6.75. The van der Waals surface area contributed by atoms with Crippen molar-refractivity contribution in [2.75, 3.05) is 18.1 Å². The Kier molecular flexibility index (Phi) is 6.31. The van der Waals surface area contributed by atoms with Gasteiger partial charge in [-0.15, -0.1) is 0 Å². The molecule has 35 heavy (non-hydrogen) atoms. The maximum Gasteiger partial charge on any atom is 0.227 e. The first-order valence-corrected chi connectivity index (χ1v) is 12.1. The molecule has 6 heteroatoms. The molecule has 0 unspecified atom stereocenters. The third-order valence-electron chi connectivity index (χ3n) is 6.75. The minimum absolute atomic E-state index is 0.0540. The van der Waals surface area contributed by atoms with Gasteiger partial charge in [0.1, 0.15) is 24.3 Å². The van der Waals surface area contributed by atoms with Crippen LogP contribution in [0.1, 0.15) is 34.9 Å². The number of aromatic nitrogens is 2. The number of imidazole rings is 1. The van der Waals surface area contributed by atoms with E-state index in [-0.39, 0.29) is 18.4 Å². The standard InChI is InChI=1S/C29H31N3O3/c1-19-12-13-21(3)27(14-19)35-18-23(33)17-32-26-11-7-5-9-24(26)30-29(32)22-15-28(34)31(16-22)25-10-6-4-8-20(25)2/h4-14,22-23,33H,15-18H2,1-3H3/t22-,23+/m0/s1. The molecule has 2 heterocycles. The number of aryl methyl sites for hydroxylation is 3. The van der Waals surface area contributed by atoms with Gasteiger partial charge in [-0.1, -0.05) is 42.5 Å². The fourth-order valence-corrected chi connectivity index (χ4v) is 4.89. The topological polar surface area (TPSA) is 67.6 Å². The summed E-state index contributed by atoms with van der Waals surface area (Å²) in [5.41, 5.74) is 6.00. The number of aliphatic hydroxyl groups is 1. The van der Waals surface area contributed by atoms with Crippen LogP contribution in [-0.4, -0.2) is 39.8 Å². The van der Waals surface area contributed by atoms with Gasteiger partial charge in [-0.05, 0) is 61.7 Å². The minimum Gasteiger partial charge on any atom is -0.491 e. The molecular weight excluding hydrogens is 438 g/mol. The summed E-state index contributed by atoms with van der Waals surface area (Å²) in [7, 11) is 0. The van der Waals surface area contributed by atoms with Crippen LogP contribution >= 0.6 is 0 Å². The normalized spacial score (nSPS) is 16.7. The number of fused-ring (bicyclic) bond motifs is 1. The highest BCUT2D eigenvalue weighted by Gasteiger charge is 2.35. The first kappa shape index (κ1) is 23.1. The van der Waals surface area contributed by atoms with Crippen molar-refractivity contribution in [3.8, 4) is 5.75 Å². The Bertz CT molecular complexity index is 1380. The summed E-state index contributed by atoms with van der Waals surface area (Å²) in [4.78, 5) is 19.8. The van der Waals surface area contributed by atoms with Crippen molar-refractivity contribution in [2.24, 2.45) is 0 Å². The summed E-state index contributed by atoms with van der Waals surface area (Å²) in [5.74, 6) is 1.67. The number of para-hydroxylation sites is 3. The quantitative estimate of drug-likeness (QED) is 0.417. The molecule has 1 aliphatic rings. The zero-order valence-electron chi connectivity index (χ0n) is 20.4. The number of aliphatic hydroxyl groups excluding tert-OH is 1. The van der Waals surface area contributed by atoms with Crippen LogP contribution in [0.2, 0.25) is 0 Å².